The molecular formula is C11H14O2S. The summed E-state index contributed by atoms with van der Waals surface area (Å²) in [5.41, 5.74) is -0.103. The van der Waals surface area contributed by atoms with Gasteiger partial charge in [-0.2, -0.15) is 0 Å². The first-order valence-corrected chi connectivity index (χ1v) is 4.86. The molecule has 0 aromatic heterocycles. The molecule has 0 bridgehead atoms. The summed E-state index contributed by atoms with van der Waals surface area (Å²) in [6, 6.07) is 0. The number of hydrogen-bond donors (Lipinski definition) is 1. The van der Waals surface area contributed by atoms with Crippen molar-refractivity contribution in [2.75, 3.05) is 0 Å². The Kier molecular flexibility index (Phi) is 4.52. The molecule has 1 N–H and O–H groups in total. The van der Waals surface area contributed by atoms with Gasteiger partial charge in [-0.25, -0.2) is 4.79 Å². The molecule has 0 atom stereocenters. The van der Waals surface area contributed by atoms with Gasteiger partial charge in [-0.3, -0.25) is 0 Å². The van der Waals surface area contributed by atoms with Crippen molar-refractivity contribution in [3.8, 4) is 11.8 Å². The first-order valence-electron chi connectivity index (χ1n) is 4.04. The van der Waals surface area contributed by atoms with Gasteiger partial charge in [-0.15, -0.1) is 0 Å². The second-order valence-corrected chi connectivity index (χ2v) is 4.94. The summed E-state index contributed by atoms with van der Waals surface area (Å²) in [6.45, 7) is 12.9. The Morgan fingerprint density at radius 2 is 1.86 bits per heavy atom. The van der Waals surface area contributed by atoms with Gasteiger partial charge in [-0.05, 0) is 20.8 Å². The lowest BCUT2D eigenvalue weighted by atomic mass is 9.98. The minimum Gasteiger partial charge on any atom is -0.477 e. The molecule has 0 spiro atoms. The van der Waals surface area contributed by atoms with Crippen molar-refractivity contribution in [2.24, 2.45) is 5.41 Å². The normalized spacial score (nSPS) is 9.93. The summed E-state index contributed by atoms with van der Waals surface area (Å²) >= 11 is 0.986. The number of thioether (sulfide) groups is 1. The van der Waals surface area contributed by atoms with Crippen molar-refractivity contribution < 1.29 is 9.90 Å². The highest BCUT2D eigenvalue weighted by atomic mass is 32.2. The molecule has 0 aliphatic carbocycles. The van der Waals surface area contributed by atoms with Gasteiger partial charge in [0.05, 0.1) is 9.81 Å². The maximum atomic E-state index is 10.4. The molecule has 0 radical (unpaired) electrons. The van der Waals surface area contributed by atoms with Crippen LogP contribution in [0.3, 0.4) is 0 Å². The Labute approximate surface area is 89.1 Å². The predicted molar refractivity (Wildman–Crippen MR) is 60.7 cm³/mol. The van der Waals surface area contributed by atoms with Crippen LogP contribution >= 0.6 is 11.8 Å². The number of hydrogen-bond acceptors (Lipinski definition) is 2. The molecule has 0 saturated carbocycles. The van der Waals surface area contributed by atoms with Gasteiger partial charge < -0.3 is 5.11 Å². The molecule has 0 aliphatic heterocycles. The maximum absolute atomic E-state index is 10.4. The van der Waals surface area contributed by atoms with Crippen LogP contribution in [0.15, 0.2) is 23.0 Å². The number of carboxylic acid groups (broad SMARTS) is 1. The van der Waals surface area contributed by atoms with Crippen LogP contribution < -0.4 is 0 Å². The highest BCUT2D eigenvalue weighted by Crippen LogP contribution is 2.22. The highest BCUT2D eigenvalue weighted by Gasteiger charge is 2.07. The van der Waals surface area contributed by atoms with E-state index < -0.39 is 5.97 Å². The first kappa shape index (κ1) is 12.9. The Balaban J connectivity index is 4.31. The van der Waals surface area contributed by atoms with Crippen molar-refractivity contribution in [1.82, 2.24) is 0 Å². The molecule has 0 aliphatic rings. The third-order valence-corrected chi connectivity index (χ3v) is 1.83. The number of carboxylic acids is 1. The van der Waals surface area contributed by atoms with Crippen LogP contribution in [-0.2, 0) is 4.79 Å². The van der Waals surface area contributed by atoms with Gasteiger partial charge in [-0.1, -0.05) is 36.8 Å². The molecule has 0 amide bonds. The second kappa shape index (κ2) is 4.92. The van der Waals surface area contributed by atoms with Crippen molar-refractivity contribution in [2.45, 2.75) is 20.8 Å². The lowest BCUT2D eigenvalue weighted by Gasteiger charge is -2.07. The first-order chi connectivity index (χ1) is 6.22. The van der Waals surface area contributed by atoms with Crippen molar-refractivity contribution in [1.29, 1.82) is 0 Å². The molecule has 2 nitrogen and oxygen atoms in total. The van der Waals surface area contributed by atoms with Gasteiger partial charge in [0.15, 0.2) is 0 Å². The van der Waals surface area contributed by atoms with Crippen molar-refractivity contribution >= 4 is 17.7 Å². The van der Waals surface area contributed by atoms with Gasteiger partial charge in [0, 0.05) is 5.41 Å². The zero-order valence-electron chi connectivity index (χ0n) is 8.68. The Bertz CT molecular complexity index is 323. The molecular weight excluding hydrogens is 196 g/mol. The summed E-state index contributed by atoms with van der Waals surface area (Å²) in [5, 5.41) is 8.55. The lowest BCUT2D eigenvalue weighted by Crippen LogP contribution is -1.99. The number of rotatable bonds is 3. The number of allylic oxidation sites excluding steroid dienone is 1. The summed E-state index contributed by atoms with van der Waals surface area (Å²) in [5.74, 6) is 4.73. The summed E-state index contributed by atoms with van der Waals surface area (Å²) in [6.07, 6.45) is 0. The van der Waals surface area contributed by atoms with Crippen molar-refractivity contribution in [3.63, 3.8) is 0 Å². The Morgan fingerprint density at radius 1 is 1.36 bits per heavy atom. The SMILES string of the molecule is C=C(C#CC(C)(C)C)SC(=C)C(=O)O. The van der Waals surface area contributed by atoms with Crippen LogP contribution in [0.1, 0.15) is 20.8 Å². The van der Waals surface area contributed by atoms with Crippen LogP contribution in [0.4, 0.5) is 0 Å². The van der Waals surface area contributed by atoms with E-state index in [0.29, 0.717) is 4.91 Å². The van der Waals surface area contributed by atoms with Crippen LogP contribution in [0.25, 0.3) is 0 Å². The van der Waals surface area contributed by atoms with E-state index in [-0.39, 0.29) is 10.3 Å². The summed E-state index contributed by atoms with van der Waals surface area (Å²) in [7, 11) is 0. The molecule has 14 heavy (non-hydrogen) atoms. The molecule has 3 heteroatoms. The average molecular weight is 210 g/mol. The molecule has 0 aromatic carbocycles. The van der Waals surface area contributed by atoms with Crippen LogP contribution in [0.5, 0.6) is 0 Å². The van der Waals surface area contributed by atoms with Gasteiger partial charge in [0.2, 0.25) is 0 Å². The average Bonchev–Trinajstić information content (AvgIpc) is 1.99. The number of carbonyl (C=O) groups is 1. The molecule has 0 unspecified atom stereocenters. The second-order valence-electron chi connectivity index (χ2n) is 3.75. The molecule has 0 aromatic rings. The Hall–Kier alpha value is -1.14. The van der Waals surface area contributed by atoms with Crippen molar-refractivity contribution in [3.05, 3.63) is 23.0 Å². The fraction of sp³-hybridized carbons (Fsp3) is 0.364. The molecule has 0 rings (SSSR count). The Morgan fingerprint density at radius 3 is 2.21 bits per heavy atom. The van der Waals surface area contributed by atoms with Crippen LogP contribution in [-0.4, -0.2) is 11.1 Å². The number of aliphatic carboxylic acids is 1. The van der Waals surface area contributed by atoms with E-state index in [9.17, 15) is 4.79 Å². The smallest absolute Gasteiger partial charge is 0.341 e. The zero-order valence-corrected chi connectivity index (χ0v) is 9.49. The van der Waals surface area contributed by atoms with Gasteiger partial charge >= 0.3 is 5.97 Å². The molecule has 76 valence electrons. The van der Waals surface area contributed by atoms with Crippen LogP contribution in [0.2, 0.25) is 0 Å². The van der Waals surface area contributed by atoms with E-state index in [0.717, 1.165) is 11.8 Å². The molecule has 0 fully saturated rings. The quantitative estimate of drug-likeness (QED) is 0.575. The van der Waals surface area contributed by atoms with E-state index in [4.69, 9.17) is 5.11 Å². The zero-order chi connectivity index (χ0) is 11.4. The minimum atomic E-state index is -1.03. The monoisotopic (exact) mass is 210 g/mol. The highest BCUT2D eigenvalue weighted by molar-refractivity contribution is 8.07. The minimum absolute atomic E-state index is 0.0400. The van der Waals surface area contributed by atoms with E-state index in [1.165, 1.54) is 0 Å². The van der Waals surface area contributed by atoms with Gasteiger partial charge in [0.25, 0.3) is 0 Å². The summed E-state index contributed by atoms with van der Waals surface area (Å²) in [4.78, 5) is 11.0. The molecule has 0 saturated heterocycles. The topological polar surface area (TPSA) is 37.3 Å². The maximum Gasteiger partial charge on any atom is 0.341 e. The summed E-state index contributed by atoms with van der Waals surface area (Å²) < 4.78 is 0. The van der Waals surface area contributed by atoms with E-state index in [2.05, 4.69) is 25.0 Å². The van der Waals surface area contributed by atoms with E-state index in [1.807, 2.05) is 20.8 Å². The molecule has 0 heterocycles. The third-order valence-electron chi connectivity index (χ3n) is 1.06. The fourth-order valence-corrected chi connectivity index (χ4v) is 0.962. The fourth-order valence-electron chi connectivity index (χ4n) is 0.475. The van der Waals surface area contributed by atoms with E-state index in [1.54, 1.807) is 0 Å². The standard InChI is InChI=1S/C11H14O2S/c1-8(6-7-11(3,4)5)14-9(2)10(12)13/h1-2H2,3-5H3,(H,12,13). The van der Waals surface area contributed by atoms with E-state index >= 15 is 0 Å². The third kappa shape index (κ3) is 6.38. The van der Waals surface area contributed by atoms with Gasteiger partial charge in [0.1, 0.15) is 0 Å². The lowest BCUT2D eigenvalue weighted by molar-refractivity contribution is -0.131. The largest absolute Gasteiger partial charge is 0.477 e. The predicted octanol–water partition coefficient (Wildman–Crippen LogP) is 2.88. The van der Waals surface area contributed by atoms with Crippen LogP contribution in [0, 0.1) is 17.3 Å².